The maximum atomic E-state index is 11.9. The van der Waals surface area contributed by atoms with Gasteiger partial charge in [0.2, 0.25) is 0 Å². The molecular weight excluding hydrogens is 282 g/mol. The molecule has 1 unspecified atom stereocenters. The molecule has 0 amide bonds. The molecule has 0 aromatic heterocycles. The van der Waals surface area contributed by atoms with Gasteiger partial charge in [0.1, 0.15) is 0 Å². The van der Waals surface area contributed by atoms with E-state index in [0.717, 1.165) is 29.5 Å². The first kappa shape index (κ1) is 12.7. The van der Waals surface area contributed by atoms with E-state index < -0.39 is 0 Å². The number of nitrogens with zero attached hydrogens (tertiary/aromatic N) is 1. The summed E-state index contributed by atoms with van der Waals surface area (Å²) in [5.74, 6) is 0.166. The van der Waals surface area contributed by atoms with Gasteiger partial charge >= 0.3 is 0 Å². The molecule has 0 spiro atoms. The van der Waals surface area contributed by atoms with Crippen molar-refractivity contribution in [2.45, 2.75) is 18.9 Å². The number of rotatable bonds is 4. The van der Waals surface area contributed by atoms with Gasteiger partial charge in [0, 0.05) is 36.1 Å². The van der Waals surface area contributed by atoms with Crippen LogP contribution >= 0.6 is 15.9 Å². The summed E-state index contributed by atoms with van der Waals surface area (Å²) in [6.07, 6.45) is 1.14. The van der Waals surface area contributed by atoms with Crippen LogP contribution in [0.4, 0.5) is 0 Å². The van der Waals surface area contributed by atoms with Crippen molar-refractivity contribution in [2.75, 3.05) is 19.6 Å². The van der Waals surface area contributed by atoms with Crippen LogP contribution in [-0.2, 0) is 0 Å². The lowest BCUT2D eigenvalue weighted by Gasteiger charge is -2.13. The largest absolute Gasteiger partial charge is 0.392 e. The maximum absolute atomic E-state index is 11.9. The van der Waals surface area contributed by atoms with E-state index in [0.29, 0.717) is 13.0 Å². The molecule has 1 heterocycles. The number of benzene rings is 1. The van der Waals surface area contributed by atoms with Gasteiger partial charge in [-0.3, -0.25) is 4.79 Å². The fourth-order valence-corrected chi connectivity index (χ4v) is 2.32. The fourth-order valence-electron chi connectivity index (χ4n) is 2.06. The molecule has 17 heavy (non-hydrogen) atoms. The van der Waals surface area contributed by atoms with Gasteiger partial charge in [-0.25, -0.2) is 0 Å². The smallest absolute Gasteiger partial charge is 0.164 e. The van der Waals surface area contributed by atoms with Crippen molar-refractivity contribution in [2.24, 2.45) is 0 Å². The number of β-amino-alcohol motifs (C(OH)–C–C–N with tert-alkyl or cyclic N) is 1. The van der Waals surface area contributed by atoms with Crippen molar-refractivity contribution in [3.63, 3.8) is 0 Å². The quantitative estimate of drug-likeness (QED) is 0.865. The second-order valence-electron chi connectivity index (χ2n) is 4.42. The molecule has 4 heteroatoms. The lowest BCUT2D eigenvalue weighted by atomic mass is 10.1. The summed E-state index contributed by atoms with van der Waals surface area (Å²) in [4.78, 5) is 14.0. The first-order valence-corrected chi connectivity index (χ1v) is 6.63. The van der Waals surface area contributed by atoms with Crippen molar-refractivity contribution in [1.82, 2.24) is 4.90 Å². The summed E-state index contributed by atoms with van der Waals surface area (Å²) in [5, 5.41) is 9.38. The summed E-state index contributed by atoms with van der Waals surface area (Å²) >= 11 is 3.35. The number of Topliss-reactive ketones (excluding diaryl/α,β-unsaturated/α-hetero) is 1. The normalized spacial score (nSPS) is 20.7. The summed E-state index contributed by atoms with van der Waals surface area (Å²) < 4.78 is 0.983. The summed E-state index contributed by atoms with van der Waals surface area (Å²) in [6, 6.07) is 7.44. The number of aliphatic hydroxyl groups is 1. The molecule has 2 rings (SSSR count). The molecule has 1 fully saturated rings. The second kappa shape index (κ2) is 5.76. The van der Waals surface area contributed by atoms with Crippen LogP contribution in [0.3, 0.4) is 0 Å². The van der Waals surface area contributed by atoms with E-state index in [4.69, 9.17) is 0 Å². The van der Waals surface area contributed by atoms with Crippen LogP contribution < -0.4 is 0 Å². The third kappa shape index (κ3) is 3.63. The third-order valence-electron chi connectivity index (χ3n) is 3.07. The molecule has 0 aliphatic carbocycles. The monoisotopic (exact) mass is 297 g/mol. The highest BCUT2D eigenvalue weighted by atomic mass is 79.9. The van der Waals surface area contributed by atoms with E-state index in [1.54, 1.807) is 0 Å². The number of halogens is 1. The minimum atomic E-state index is -0.210. The van der Waals surface area contributed by atoms with Gasteiger partial charge in [-0.2, -0.15) is 0 Å². The van der Waals surface area contributed by atoms with E-state index in [2.05, 4.69) is 20.8 Å². The topological polar surface area (TPSA) is 40.5 Å². The van der Waals surface area contributed by atoms with Crippen molar-refractivity contribution in [3.05, 3.63) is 34.3 Å². The van der Waals surface area contributed by atoms with Gasteiger partial charge in [-0.15, -0.1) is 0 Å². The molecule has 1 aromatic rings. The van der Waals surface area contributed by atoms with E-state index in [-0.39, 0.29) is 11.9 Å². The van der Waals surface area contributed by atoms with Crippen molar-refractivity contribution in [1.29, 1.82) is 0 Å². The number of ketones is 1. The molecule has 1 saturated heterocycles. The highest BCUT2D eigenvalue weighted by molar-refractivity contribution is 9.10. The van der Waals surface area contributed by atoms with Crippen LogP contribution in [-0.4, -0.2) is 41.5 Å². The van der Waals surface area contributed by atoms with Gasteiger partial charge in [0.25, 0.3) is 0 Å². The molecule has 1 N–H and O–H groups in total. The van der Waals surface area contributed by atoms with E-state index >= 15 is 0 Å². The number of aliphatic hydroxyl groups excluding tert-OH is 1. The summed E-state index contributed by atoms with van der Waals surface area (Å²) in [5.41, 5.74) is 0.757. The van der Waals surface area contributed by atoms with Gasteiger partial charge in [0.05, 0.1) is 6.10 Å². The average Bonchev–Trinajstić information content (AvgIpc) is 2.73. The van der Waals surface area contributed by atoms with Crippen molar-refractivity contribution < 1.29 is 9.90 Å². The lowest BCUT2D eigenvalue weighted by Crippen LogP contribution is -2.25. The van der Waals surface area contributed by atoms with Crippen LogP contribution in [0.25, 0.3) is 0 Å². The standard InChI is InChI=1S/C13H16BrNO2/c14-11-3-1-10(2-4-11)13(17)6-8-15-7-5-12(16)9-15/h1-4,12,16H,5-9H2. The zero-order chi connectivity index (χ0) is 12.3. The number of carbonyl (C=O) groups excluding carboxylic acids is 1. The van der Waals surface area contributed by atoms with Crippen molar-refractivity contribution in [3.8, 4) is 0 Å². The Morgan fingerprint density at radius 2 is 2.12 bits per heavy atom. The molecular formula is C13H16BrNO2. The van der Waals surface area contributed by atoms with Crippen LogP contribution in [0.15, 0.2) is 28.7 Å². The molecule has 92 valence electrons. The Morgan fingerprint density at radius 1 is 1.41 bits per heavy atom. The fraction of sp³-hybridized carbons (Fsp3) is 0.462. The first-order valence-electron chi connectivity index (χ1n) is 5.84. The van der Waals surface area contributed by atoms with Crippen LogP contribution in [0.2, 0.25) is 0 Å². The first-order chi connectivity index (χ1) is 8.15. The van der Waals surface area contributed by atoms with Gasteiger partial charge in [-0.1, -0.05) is 28.1 Å². The van der Waals surface area contributed by atoms with Crippen LogP contribution in [0.1, 0.15) is 23.2 Å². The van der Waals surface area contributed by atoms with E-state index in [1.807, 2.05) is 24.3 Å². The maximum Gasteiger partial charge on any atom is 0.164 e. The van der Waals surface area contributed by atoms with Gasteiger partial charge < -0.3 is 10.0 Å². The minimum absolute atomic E-state index is 0.166. The molecule has 1 aliphatic rings. The zero-order valence-electron chi connectivity index (χ0n) is 9.60. The zero-order valence-corrected chi connectivity index (χ0v) is 11.2. The van der Waals surface area contributed by atoms with Gasteiger partial charge in [-0.05, 0) is 18.6 Å². The SMILES string of the molecule is O=C(CCN1CCC(O)C1)c1ccc(Br)cc1. The Labute approximate surface area is 110 Å². The summed E-state index contributed by atoms with van der Waals surface area (Å²) in [7, 11) is 0. The van der Waals surface area contributed by atoms with Crippen molar-refractivity contribution >= 4 is 21.7 Å². The predicted octanol–water partition coefficient (Wildman–Crippen LogP) is 2.09. The highest BCUT2D eigenvalue weighted by Crippen LogP contribution is 2.13. The number of carbonyl (C=O) groups is 1. The Kier molecular flexibility index (Phi) is 4.31. The number of hydrogen-bond acceptors (Lipinski definition) is 3. The molecule has 0 bridgehead atoms. The van der Waals surface area contributed by atoms with Gasteiger partial charge in [0.15, 0.2) is 5.78 Å². The average molecular weight is 298 g/mol. The summed E-state index contributed by atoms with van der Waals surface area (Å²) in [6.45, 7) is 2.34. The molecule has 1 aliphatic heterocycles. The third-order valence-corrected chi connectivity index (χ3v) is 3.60. The Morgan fingerprint density at radius 3 is 2.71 bits per heavy atom. The molecule has 0 radical (unpaired) electrons. The molecule has 1 aromatic carbocycles. The molecule has 0 saturated carbocycles. The van der Waals surface area contributed by atoms with Crippen LogP contribution in [0.5, 0.6) is 0 Å². The minimum Gasteiger partial charge on any atom is -0.392 e. The Hall–Kier alpha value is -0.710. The lowest BCUT2D eigenvalue weighted by molar-refractivity contribution is 0.0964. The van der Waals surface area contributed by atoms with E-state index in [1.165, 1.54) is 0 Å². The number of hydrogen-bond donors (Lipinski definition) is 1. The highest BCUT2D eigenvalue weighted by Gasteiger charge is 2.20. The molecule has 1 atom stereocenters. The van der Waals surface area contributed by atoms with E-state index in [9.17, 15) is 9.90 Å². The Balaban J connectivity index is 1.83. The second-order valence-corrected chi connectivity index (χ2v) is 5.34. The number of likely N-dealkylation sites (tertiary alicyclic amines) is 1. The predicted molar refractivity (Wildman–Crippen MR) is 70.2 cm³/mol. The Bertz CT molecular complexity index is 391. The van der Waals surface area contributed by atoms with Crippen LogP contribution in [0, 0.1) is 0 Å². The molecule has 3 nitrogen and oxygen atoms in total.